The molecule has 0 saturated heterocycles. The zero-order chi connectivity index (χ0) is 33.7. The Balaban J connectivity index is 1.12. The predicted molar refractivity (Wildman–Crippen MR) is 216 cm³/mol. The number of nitrogens with zero attached hydrogens (tertiary/aromatic N) is 2. The van der Waals surface area contributed by atoms with Crippen LogP contribution in [0.15, 0.2) is 204 Å². The van der Waals surface area contributed by atoms with Crippen LogP contribution in [0.5, 0.6) is 0 Å². The Kier molecular flexibility index (Phi) is 7.11. The molecule has 0 amide bonds. The topological polar surface area (TPSA) is 8.17 Å². The van der Waals surface area contributed by atoms with E-state index in [9.17, 15) is 0 Å². The third-order valence-corrected chi connectivity index (χ3v) is 11.1. The van der Waals surface area contributed by atoms with Crippen LogP contribution < -0.4 is 4.90 Å². The molecule has 1 aromatic heterocycles. The maximum absolute atomic E-state index is 2.43. The van der Waals surface area contributed by atoms with Gasteiger partial charge in [0.2, 0.25) is 0 Å². The molecule has 0 fully saturated rings. The summed E-state index contributed by atoms with van der Waals surface area (Å²) in [6.45, 7) is 0. The standard InChI is InChI=1S/C48H32N2S/c1-4-14-33(15-5-1)36-28-37(34-16-6-2-7-17-34)30-38(29-36)35-24-26-40(27-25-35)49-43-21-11-10-20-41(43)42-31-46-48(32-45(42)49)51-47-23-13-12-22-44(47)50(46)39-18-8-3-9-19-39/h1-32H. The zero-order valence-electron chi connectivity index (χ0n) is 27.8. The Hall–Kier alpha value is -6.29. The van der Waals surface area contributed by atoms with Crippen LogP contribution in [-0.4, -0.2) is 4.57 Å². The Morgan fingerprint density at radius 2 is 0.863 bits per heavy atom. The average Bonchev–Trinajstić information content (AvgIpc) is 3.53. The highest BCUT2D eigenvalue weighted by Crippen LogP contribution is 2.53. The molecule has 8 aromatic carbocycles. The van der Waals surface area contributed by atoms with Gasteiger partial charge in [0.1, 0.15) is 0 Å². The summed E-state index contributed by atoms with van der Waals surface area (Å²) in [5.41, 5.74) is 14.4. The summed E-state index contributed by atoms with van der Waals surface area (Å²) in [4.78, 5) is 4.92. The first-order valence-corrected chi connectivity index (χ1v) is 18.2. The van der Waals surface area contributed by atoms with E-state index in [1.807, 2.05) is 11.8 Å². The lowest BCUT2D eigenvalue weighted by atomic mass is 9.93. The normalized spacial score (nSPS) is 12.2. The van der Waals surface area contributed by atoms with E-state index in [2.05, 4.69) is 204 Å². The van der Waals surface area contributed by atoms with Crippen molar-refractivity contribution in [1.29, 1.82) is 0 Å². The summed E-state index contributed by atoms with van der Waals surface area (Å²) in [6.07, 6.45) is 0. The van der Waals surface area contributed by atoms with Gasteiger partial charge in [-0.3, -0.25) is 0 Å². The van der Waals surface area contributed by atoms with E-state index in [1.54, 1.807) is 0 Å². The van der Waals surface area contributed by atoms with Gasteiger partial charge in [0.05, 0.1) is 22.4 Å². The van der Waals surface area contributed by atoms with Gasteiger partial charge in [0.15, 0.2) is 0 Å². The highest BCUT2D eigenvalue weighted by molar-refractivity contribution is 7.99. The minimum atomic E-state index is 1.15. The third kappa shape index (κ3) is 5.13. The molecule has 0 aliphatic carbocycles. The van der Waals surface area contributed by atoms with Crippen LogP contribution in [0.25, 0.3) is 60.9 Å². The van der Waals surface area contributed by atoms with Gasteiger partial charge in [-0.15, -0.1) is 0 Å². The van der Waals surface area contributed by atoms with Crippen LogP contribution in [-0.2, 0) is 0 Å². The van der Waals surface area contributed by atoms with Crippen molar-refractivity contribution in [2.24, 2.45) is 0 Å². The van der Waals surface area contributed by atoms with Gasteiger partial charge in [0.25, 0.3) is 0 Å². The number of benzene rings is 8. The highest BCUT2D eigenvalue weighted by atomic mass is 32.2. The van der Waals surface area contributed by atoms with Crippen molar-refractivity contribution in [3.8, 4) is 39.1 Å². The monoisotopic (exact) mass is 668 g/mol. The number of aromatic nitrogens is 1. The van der Waals surface area contributed by atoms with Crippen LogP contribution in [0.4, 0.5) is 17.1 Å². The van der Waals surface area contributed by atoms with E-state index >= 15 is 0 Å². The van der Waals surface area contributed by atoms with Crippen LogP contribution in [0.1, 0.15) is 0 Å². The molecule has 3 heteroatoms. The van der Waals surface area contributed by atoms with Gasteiger partial charge in [-0.05, 0) is 106 Å². The van der Waals surface area contributed by atoms with E-state index in [1.165, 1.54) is 76.4 Å². The van der Waals surface area contributed by atoms with Crippen LogP contribution in [0.3, 0.4) is 0 Å². The lowest BCUT2D eigenvalue weighted by molar-refractivity contribution is 1.15. The molecule has 240 valence electrons. The molecule has 51 heavy (non-hydrogen) atoms. The second-order valence-corrected chi connectivity index (χ2v) is 14.1. The number of para-hydroxylation sites is 3. The number of hydrogen-bond donors (Lipinski definition) is 0. The summed E-state index contributed by atoms with van der Waals surface area (Å²) >= 11 is 1.85. The molecule has 0 bridgehead atoms. The summed E-state index contributed by atoms with van der Waals surface area (Å²) in [7, 11) is 0. The fraction of sp³-hybridized carbons (Fsp3) is 0. The van der Waals surface area contributed by atoms with Crippen LogP contribution >= 0.6 is 11.8 Å². The second-order valence-electron chi connectivity index (χ2n) is 13.0. The molecule has 0 unspecified atom stereocenters. The Morgan fingerprint density at radius 1 is 0.314 bits per heavy atom. The van der Waals surface area contributed by atoms with E-state index in [0.29, 0.717) is 0 Å². The van der Waals surface area contributed by atoms with E-state index < -0.39 is 0 Å². The first-order valence-electron chi connectivity index (χ1n) is 17.3. The fourth-order valence-corrected chi connectivity index (χ4v) is 8.62. The second kappa shape index (κ2) is 12.2. The van der Waals surface area contributed by atoms with E-state index in [-0.39, 0.29) is 0 Å². The van der Waals surface area contributed by atoms with Gasteiger partial charge >= 0.3 is 0 Å². The number of fused-ring (bicyclic) bond motifs is 5. The number of rotatable bonds is 5. The molecule has 10 rings (SSSR count). The zero-order valence-corrected chi connectivity index (χ0v) is 28.6. The first-order chi connectivity index (χ1) is 25.3. The minimum absolute atomic E-state index is 1.15. The summed E-state index contributed by atoms with van der Waals surface area (Å²) in [5.74, 6) is 0. The fourth-order valence-electron chi connectivity index (χ4n) is 7.54. The Bertz CT molecular complexity index is 2640. The molecule has 2 heterocycles. The first kappa shape index (κ1) is 29.6. The molecular formula is C48H32N2S. The van der Waals surface area contributed by atoms with Gasteiger partial charge < -0.3 is 9.47 Å². The molecule has 9 aromatic rings. The van der Waals surface area contributed by atoms with Crippen LogP contribution in [0.2, 0.25) is 0 Å². The number of anilines is 3. The predicted octanol–water partition coefficient (Wildman–Crippen LogP) is 13.7. The molecule has 1 aliphatic rings. The van der Waals surface area contributed by atoms with E-state index in [0.717, 1.165) is 11.4 Å². The summed E-state index contributed by atoms with van der Waals surface area (Å²) < 4.78 is 2.43. The molecule has 1 aliphatic heterocycles. The summed E-state index contributed by atoms with van der Waals surface area (Å²) in [6, 6.07) is 70.4. The third-order valence-electron chi connectivity index (χ3n) is 9.94. The molecule has 0 N–H and O–H groups in total. The maximum Gasteiger partial charge on any atom is 0.0609 e. The van der Waals surface area contributed by atoms with Gasteiger partial charge in [-0.25, -0.2) is 0 Å². The minimum Gasteiger partial charge on any atom is -0.309 e. The lowest BCUT2D eigenvalue weighted by Crippen LogP contribution is -2.14. The molecule has 0 atom stereocenters. The smallest absolute Gasteiger partial charge is 0.0609 e. The summed E-state index contributed by atoms with van der Waals surface area (Å²) in [5, 5.41) is 2.50. The average molecular weight is 669 g/mol. The quantitative estimate of drug-likeness (QED) is 0.180. The molecule has 0 spiro atoms. The van der Waals surface area contributed by atoms with Crippen molar-refractivity contribution in [1.82, 2.24) is 4.57 Å². The lowest BCUT2D eigenvalue weighted by Gasteiger charge is -2.33. The largest absolute Gasteiger partial charge is 0.309 e. The maximum atomic E-state index is 2.43. The van der Waals surface area contributed by atoms with Gasteiger partial charge in [-0.1, -0.05) is 133 Å². The highest BCUT2D eigenvalue weighted by Gasteiger charge is 2.27. The van der Waals surface area contributed by atoms with Crippen molar-refractivity contribution >= 4 is 50.6 Å². The molecule has 0 saturated carbocycles. The van der Waals surface area contributed by atoms with Gasteiger partial charge in [0, 0.05) is 31.9 Å². The molecule has 2 nitrogen and oxygen atoms in total. The van der Waals surface area contributed by atoms with Gasteiger partial charge in [-0.2, -0.15) is 0 Å². The molecule has 0 radical (unpaired) electrons. The number of hydrogen-bond acceptors (Lipinski definition) is 2. The van der Waals surface area contributed by atoms with Crippen molar-refractivity contribution in [2.45, 2.75) is 9.79 Å². The van der Waals surface area contributed by atoms with E-state index in [4.69, 9.17) is 0 Å². The van der Waals surface area contributed by atoms with Crippen LogP contribution in [0, 0.1) is 0 Å². The van der Waals surface area contributed by atoms with Crippen molar-refractivity contribution < 1.29 is 0 Å². The van der Waals surface area contributed by atoms with Crippen molar-refractivity contribution in [2.75, 3.05) is 4.90 Å². The van der Waals surface area contributed by atoms with Crippen molar-refractivity contribution in [3.63, 3.8) is 0 Å². The SMILES string of the molecule is c1ccc(-c2cc(-c3ccccc3)cc(-c3ccc(-n4c5ccccc5c5cc6c(cc54)Sc4ccccc4N6c4ccccc4)cc3)c2)cc1. The van der Waals surface area contributed by atoms with Crippen molar-refractivity contribution in [3.05, 3.63) is 194 Å². The molecular weight excluding hydrogens is 637 g/mol. The Morgan fingerprint density at radius 3 is 1.53 bits per heavy atom. The Labute approximate surface area is 301 Å².